The Labute approximate surface area is 100.0 Å². The minimum Gasteiger partial charge on any atom is -0.497 e. The van der Waals surface area contributed by atoms with E-state index in [4.69, 9.17) is 14.7 Å². The molecule has 0 aliphatic rings. The fourth-order valence-corrected chi connectivity index (χ4v) is 1.25. The summed E-state index contributed by atoms with van der Waals surface area (Å²) >= 11 is 0. The normalized spacial score (nSPS) is 11.6. The lowest BCUT2D eigenvalue weighted by Crippen LogP contribution is -2.14. The van der Waals surface area contributed by atoms with Gasteiger partial charge >= 0.3 is 0 Å². The summed E-state index contributed by atoms with van der Waals surface area (Å²) in [7, 11) is 1.48. The van der Waals surface area contributed by atoms with Crippen LogP contribution in [-0.2, 0) is 4.74 Å². The monoisotopic (exact) mass is 238 g/mol. The number of nitrogens with one attached hydrogen (secondary N) is 1. The third kappa shape index (κ3) is 4.70. The molecule has 0 aliphatic carbocycles. The van der Waals surface area contributed by atoms with Crippen LogP contribution in [0.2, 0.25) is 0 Å². The summed E-state index contributed by atoms with van der Waals surface area (Å²) < 4.78 is 23.2. The van der Waals surface area contributed by atoms with E-state index >= 15 is 0 Å². The van der Waals surface area contributed by atoms with E-state index in [1.807, 2.05) is 6.07 Å². The molecule has 1 atom stereocenters. The smallest absolute Gasteiger partial charge is 0.141 e. The zero-order chi connectivity index (χ0) is 12.7. The second kappa shape index (κ2) is 6.71. The number of ether oxygens (including phenoxy) is 2. The molecule has 5 heteroatoms. The summed E-state index contributed by atoms with van der Waals surface area (Å²) in [6.07, 6.45) is -0.432. The van der Waals surface area contributed by atoms with Crippen molar-refractivity contribution in [3.05, 3.63) is 24.0 Å². The highest BCUT2D eigenvalue weighted by atomic mass is 19.1. The highest BCUT2D eigenvalue weighted by Gasteiger charge is 2.01. The van der Waals surface area contributed by atoms with Crippen LogP contribution < -0.4 is 10.1 Å². The van der Waals surface area contributed by atoms with Crippen LogP contribution in [0.5, 0.6) is 5.75 Å². The van der Waals surface area contributed by atoms with E-state index in [1.54, 1.807) is 13.0 Å². The quantitative estimate of drug-likeness (QED) is 0.772. The molecule has 1 aromatic rings. The van der Waals surface area contributed by atoms with Crippen molar-refractivity contribution >= 4 is 5.69 Å². The SMILES string of the molecule is COc1cc(F)cc(NCCOC(C)C#N)c1. The summed E-state index contributed by atoms with van der Waals surface area (Å²) in [6.45, 7) is 2.55. The number of halogens is 1. The number of benzene rings is 1. The Hall–Kier alpha value is -1.80. The lowest BCUT2D eigenvalue weighted by atomic mass is 10.3. The van der Waals surface area contributed by atoms with Gasteiger partial charge in [0, 0.05) is 24.4 Å². The van der Waals surface area contributed by atoms with E-state index in [0.717, 1.165) is 0 Å². The molecule has 1 rings (SSSR count). The van der Waals surface area contributed by atoms with E-state index < -0.39 is 6.10 Å². The van der Waals surface area contributed by atoms with Gasteiger partial charge in [-0.25, -0.2) is 4.39 Å². The first kappa shape index (κ1) is 13.3. The van der Waals surface area contributed by atoms with Gasteiger partial charge < -0.3 is 14.8 Å². The number of rotatable bonds is 6. The van der Waals surface area contributed by atoms with Crippen molar-refractivity contribution in [3.8, 4) is 11.8 Å². The van der Waals surface area contributed by atoms with Crippen molar-refractivity contribution in [3.63, 3.8) is 0 Å². The van der Waals surface area contributed by atoms with Crippen LogP contribution in [0.4, 0.5) is 10.1 Å². The first-order valence-electron chi connectivity index (χ1n) is 5.25. The number of hydrogen-bond acceptors (Lipinski definition) is 4. The molecular weight excluding hydrogens is 223 g/mol. The molecule has 1 aromatic carbocycles. The molecule has 0 aliphatic heterocycles. The van der Waals surface area contributed by atoms with Crippen molar-refractivity contribution in [1.29, 1.82) is 5.26 Å². The lowest BCUT2D eigenvalue weighted by molar-refractivity contribution is 0.111. The number of hydrogen-bond donors (Lipinski definition) is 1. The first-order chi connectivity index (χ1) is 8.15. The number of anilines is 1. The largest absolute Gasteiger partial charge is 0.497 e. The lowest BCUT2D eigenvalue weighted by Gasteiger charge is -2.09. The van der Waals surface area contributed by atoms with Gasteiger partial charge in [0.15, 0.2) is 0 Å². The summed E-state index contributed by atoms with van der Waals surface area (Å²) in [4.78, 5) is 0. The van der Waals surface area contributed by atoms with Crippen molar-refractivity contribution in [2.75, 3.05) is 25.6 Å². The van der Waals surface area contributed by atoms with E-state index in [1.165, 1.54) is 19.2 Å². The molecular formula is C12H15FN2O2. The molecule has 1 unspecified atom stereocenters. The maximum absolute atomic E-state index is 13.1. The molecule has 0 aromatic heterocycles. The Bertz CT molecular complexity index is 404. The fourth-order valence-electron chi connectivity index (χ4n) is 1.25. The maximum atomic E-state index is 13.1. The average molecular weight is 238 g/mol. The van der Waals surface area contributed by atoms with Crippen molar-refractivity contribution in [2.45, 2.75) is 13.0 Å². The molecule has 0 saturated heterocycles. The van der Waals surface area contributed by atoms with Gasteiger partial charge in [-0.1, -0.05) is 0 Å². The highest BCUT2D eigenvalue weighted by molar-refractivity contribution is 5.48. The third-order valence-corrected chi connectivity index (χ3v) is 2.09. The molecule has 1 N–H and O–H groups in total. The summed E-state index contributed by atoms with van der Waals surface area (Å²) in [5.41, 5.74) is 0.620. The Morgan fingerprint density at radius 3 is 2.88 bits per heavy atom. The van der Waals surface area contributed by atoms with Gasteiger partial charge in [0.2, 0.25) is 0 Å². The van der Waals surface area contributed by atoms with Crippen molar-refractivity contribution < 1.29 is 13.9 Å². The molecule has 0 heterocycles. The maximum Gasteiger partial charge on any atom is 0.141 e. The average Bonchev–Trinajstić information content (AvgIpc) is 2.33. The molecule has 0 spiro atoms. The van der Waals surface area contributed by atoms with Gasteiger partial charge in [-0.2, -0.15) is 5.26 Å². The summed E-state index contributed by atoms with van der Waals surface area (Å²) in [5, 5.41) is 11.5. The molecule has 0 saturated carbocycles. The van der Waals surface area contributed by atoms with Gasteiger partial charge in [0.25, 0.3) is 0 Å². The van der Waals surface area contributed by atoms with Crippen LogP contribution >= 0.6 is 0 Å². The van der Waals surface area contributed by atoms with E-state index in [9.17, 15) is 4.39 Å². The minimum absolute atomic E-state index is 0.363. The number of nitrogens with zero attached hydrogens (tertiary/aromatic N) is 1. The predicted octanol–water partition coefficient (Wildman–Crippen LogP) is 2.17. The third-order valence-electron chi connectivity index (χ3n) is 2.09. The predicted molar refractivity (Wildman–Crippen MR) is 62.5 cm³/mol. The molecule has 4 nitrogen and oxygen atoms in total. The van der Waals surface area contributed by atoms with Gasteiger partial charge in [-0.15, -0.1) is 0 Å². The van der Waals surface area contributed by atoms with Gasteiger partial charge in [-0.3, -0.25) is 0 Å². The molecule has 92 valence electrons. The number of nitriles is 1. The van der Waals surface area contributed by atoms with Crippen LogP contribution in [0.15, 0.2) is 18.2 Å². The Kier molecular flexibility index (Phi) is 5.24. The second-order valence-corrected chi connectivity index (χ2v) is 3.45. The Morgan fingerprint density at radius 1 is 1.47 bits per heavy atom. The van der Waals surface area contributed by atoms with Gasteiger partial charge in [-0.05, 0) is 13.0 Å². The molecule has 0 amide bonds. The minimum atomic E-state index is -0.432. The zero-order valence-corrected chi connectivity index (χ0v) is 9.87. The van der Waals surface area contributed by atoms with Crippen LogP contribution in [0.1, 0.15) is 6.92 Å². The van der Waals surface area contributed by atoms with E-state index in [2.05, 4.69) is 5.32 Å². The standard InChI is InChI=1S/C12H15FN2O2/c1-9(8-14)17-4-3-15-11-5-10(13)6-12(7-11)16-2/h5-7,9,15H,3-4H2,1-2H3. The van der Waals surface area contributed by atoms with Gasteiger partial charge in [0.05, 0.1) is 19.8 Å². The van der Waals surface area contributed by atoms with E-state index in [-0.39, 0.29) is 5.82 Å². The highest BCUT2D eigenvalue weighted by Crippen LogP contribution is 2.19. The molecule has 17 heavy (non-hydrogen) atoms. The van der Waals surface area contributed by atoms with Crippen LogP contribution in [0, 0.1) is 17.1 Å². The van der Waals surface area contributed by atoms with Crippen molar-refractivity contribution in [2.24, 2.45) is 0 Å². The van der Waals surface area contributed by atoms with Crippen molar-refractivity contribution in [1.82, 2.24) is 0 Å². The second-order valence-electron chi connectivity index (χ2n) is 3.45. The zero-order valence-electron chi connectivity index (χ0n) is 9.87. The number of methoxy groups -OCH3 is 1. The molecule has 0 bridgehead atoms. The summed E-state index contributed by atoms with van der Waals surface area (Å²) in [5.74, 6) is 0.0944. The molecule has 0 fully saturated rings. The molecule has 0 radical (unpaired) electrons. The van der Waals surface area contributed by atoms with E-state index in [0.29, 0.717) is 24.6 Å². The Morgan fingerprint density at radius 2 is 2.24 bits per heavy atom. The van der Waals surface area contributed by atoms with Gasteiger partial charge in [0.1, 0.15) is 17.7 Å². The fraction of sp³-hybridized carbons (Fsp3) is 0.417. The van der Waals surface area contributed by atoms with Crippen LogP contribution in [0.3, 0.4) is 0 Å². The Balaban J connectivity index is 2.41. The van der Waals surface area contributed by atoms with Crippen LogP contribution in [0.25, 0.3) is 0 Å². The first-order valence-corrected chi connectivity index (χ1v) is 5.25. The van der Waals surface area contributed by atoms with Crippen LogP contribution in [-0.4, -0.2) is 26.4 Å². The summed E-state index contributed by atoms with van der Waals surface area (Å²) in [6, 6.07) is 6.33. The topological polar surface area (TPSA) is 54.3 Å².